The van der Waals surface area contributed by atoms with Gasteiger partial charge in [0.25, 0.3) is 0 Å². The average molecular weight is 199 g/mol. The van der Waals surface area contributed by atoms with Crippen LogP contribution in [0.1, 0.15) is 18.2 Å². The zero-order chi connectivity index (χ0) is 10.2. The van der Waals surface area contributed by atoms with Crippen LogP contribution < -0.4 is 5.73 Å². The molecule has 0 saturated heterocycles. The Morgan fingerprint density at radius 1 is 1.36 bits per heavy atom. The third-order valence-electron chi connectivity index (χ3n) is 1.76. The number of hydrogen-bond donors (Lipinski definition) is 1. The fourth-order valence-corrected chi connectivity index (χ4v) is 1.04. The van der Waals surface area contributed by atoms with Gasteiger partial charge in [0.05, 0.1) is 19.5 Å². The van der Waals surface area contributed by atoms with Gasteiger partial charge in [-0.15, -0.1) is 0 Å². The van der Waals surface area contributed by atoms with E-state index in [1.54, 1.807) is 6.26 Å². The van der Waals surface area contributed by atoms with Gasteiger partial charge in [-0.25, -0.2) is 0 Å². The molecule has 1 aromatic rings. The second-order valence-corrected chi connectivity index (χ2v) is 2.87. The zero-order valence-corrected chi connectivity index (χ0v) is 8.49. The largest absolute Gasteiger partial charge is 0.467 e. The second kappa shape index (κ2) is 6.59. The van der Waals surface area contributed by atoms with Crippen LogP contribution in [0.25, 0.3) is 0 Å². The van der Waals surface area contributed by atoms with E-state index in [-0.39, 0.29) is 0 Å². The number of furan rings is 1. The predicted molar refractivity (Wildman–Crippen MR) is 52.7 cm³/mol. The number of nitrogens with two attached hydrogens (primary N) is 1. The van der Waals surface area contributed by atoms with Crippen molar-refractivity contribution in [3.8, 4) is 0 Å². The predicted octanol–water partition coefficient (Wildman–Crippen LogP) is 1.29. The summed E-state index contributed by atoms with van der Waals surface area (Å²) in [7, 11) is 0. The molecule has 0 aromatic carbocycles. The fraction of sp³-hybridized carbons (Fsp3) is 0.600. The van der Waals surface area contributed by atoms with Crippen LogP contribution in [-0.4, -0.2) is 19.8 Å². The van der Waals surface area contributed by atoms with Gasteiger partial charge >= 0.3 is 0 Å². The maximum Gasteiger partial charge on any atom is 0.129 e. The van der Waals surface area contributed by atoms with Gasteiger partial charge in [-0.1, -0.05) is 0 Å². The highest BCUT2D eigenvalue weighted by Gasteiger charge is 1.99. The summed E-state index contributed by atoms with van der Waals surface area (Å²) < 4.78 is 15.7. The number of ether oxygens (including phenoxy) is 2. The van der Waals surface area contributed by atoms with Gasteiger partial charge in [-0.3, -0.25) is 0 Å². The molecular formula is C10H17NO3. The van der Waals surface area contributed by atoms with E-state index in [1.807, 2.05) is 13.0 Å². The summed E-state index contributed by atoms with van der Waals surface area (Å²) in [5, 5.41) is 0. The fourth-order valence-electron chi connectivity index (χ4n) is 1.04. The molecule has 0 aliphatic rings. The van der Waals surface area contributed by atoms with Crippen LogP contribution in [-0.2, 0) is 22.6 Å². The Morgan fingerprint density at radius 3 is 2.79 bits per heavy atom. The lowest BCUT2D eigenvalue weighted by Crippen LogP contribution is -2.03. The highest BCUT2D eigenvalue weighted by Crippen LogP contribution is 2.07. The van der Waals surface area contributed by atoms with E-state index in [0.717, 1.165) is 17.9 Å². The minimum atomic E-state index is 0.479. The van der Waals surface area contributed by atoms with E-state index >= 15 is 0 Å². The summed E-state index contributed by atoms with van der Waals surface area (Å²) >= 11 is 0. The Morgan fingerprint density at radius 2 is 2.14 bits per heavy atom. The summed E-state index contributed by atoms with van der Waals surface area (Å²) in [4.78, 5) is 0. The molecule has 4 heteroatoms. The molecule has 0 saturated carbocycles. The summed E-state index contributed by atoms with van der Waals surface area (Å²) in [6, 6.07) is 1.90. The van der Waals surface area contributed by atoms with Crippen molar-refractivity contribution >= 4 is 0 Å². The Labute approximate surface area is 84.0 Å². The van der Waals surface area contributed by atoms with Gasteiger partial charge < -0.3 is 19.6 Å². The first-order valence-electron chi connectivity index (χ1n) is 4.78. The Bertz CT molecular complexity index is 247. The van der Waals surface area contributed by atoms with Crippen molar-refractivity contribution in [1.82, 2.24) is 0 Å². The van der Waals surface area contributed by atoms with Gasteiger partial charge in [-0.2, -0.15) is 0 Å². The molecule has 0 bridgehead atoms. The van der Waals surface area contributed by atoms with Gasteiger partial charge in [-0.05, 0) is 13.0 Å². The first-order chi connectivity index (χ1) is 6.86. The van der Waals surface area contributed by atoms with Crippen LogP contribution >= 0.6 is 0 Å². The topological polar surface area (TPSA) is 57.6 Å². The summed E-state index contributed by atoms with van der Waals surface area (Å²) in [5.41, 5.74) is 6.43. The molecule has 1 rings (SSSR count). The van der Waals surface area contributed by atoms with Gasteiger partial charge in [0.2, 0.25) is 0 Å². The molecule has 4 nitrogen and oxygen atoms in total. The van der Waals surface area contributed by atoms with E-state index in [0.29, 0.717) is 26.4 Å². The smallest absolute Gasteiger partial charge is 0.129 e. The van der Waals surface area contributed by atoms with Crippen LogP contribution in [0.4, 0.5) is 0 Å². The van der Waals surface area contributed by atoms with Crippen molar-refractivity contribution in [3.63, 3.8) is 0 Å². The Balaban J connectivity index is 2.12. The van der Waals surface area contributed by atoms with Gasteiger partial charge in [0, 0.05) is 18.7 Å². The molecule has 80 valence electrons. The van der Waals surface area contributed by atoms with Crippen LogP contribution in [0.5, 0.6) is 0 Å². The molecule has 0 atom stereocenters. The third kappa shape index (κ3) is 3.91. The van der Waals surface area contributed by atoms with E-state index in [9.17, 15) is 0 Å². The van der Waals surface area contributed by atoms with Crippen molar-refractivity contribution in [2.45, 2.75) is 20.1 Å². The molecule has 0 amide bonds. The molecule has 0 aliphatic carbocycles. The van der Waals surface area contributed by atoms with Crippen LogP contribution in [0, 0.1) is 0 Å². The molecule has 0 aliphatic heterocycles. The summed E-state index contributed by atoms with van der Waals surface area (Å²) in [6.07, 6.45) is 1.65. The van der Waals surface area contributed by atoms with Crippen LogP contribution in [0.15, 0.2) is 16.7 Å². The van der Waals surface area contributed by atoms with Gasteiger partial charge in [0.1, 0.15) is 12.4 Å². The van der Waals surface area contributed by atoms with E-state index in [1.165, 1.54) is 0 Å². The van der Waals surface area contributed by atoms with E-state index in [2.05, 4.69) is 0 Å². The first kappa shape index (κ1) is 11.2. The highest BCUT2D eigenvalue weighted by molar-refractivity contribution is 5.11. The molecule has 0 spiro atoms. The normalized spacial score (nSPS) is 10.7. The monoisotopic (exact) mass is 199 g/mol. The van der Waals surface area contributed by atoms with Crippen molar-refractivity contribution < 1.29 is 13.9 Å². The lowest BCUT2D eigenvalue weighted by atomic mass is 10.3. The minimum Gasteiger partial charge on any atom is -0.467 e. The molecular weight excluding hydrogens is 182 g/mol. The Hall–Kier alpha value is -0.840. The maximum atomic E-state index is 5.44. The maximum absolute atomic E-state index is 5.44. The molecule has 1 heterocycles. The number of rotatable bonds is 7. The second-order valence-electron chi connectivity index (χ2n) is 2.87. The van der Waals surface area contributed by atoms with Crippen LogP contribution in [0.3, 0.4) is 0 Å². The average Bonchev–Trinajstić information content (AvgIpc) is 2.65. The van der Waals surface area contributed by atoms with E-state index in [4.69, 9.17) is 19.6 Å². The third-order valence-corrected chi connectivity index (χ3v) is 1.76. The van der Waals surface area contributed by atoms with Crippen LogP contribution in [0.2, 0.25) is 0 Å². The summed E-state index contributed by atoms with van der Waals surface area (Å²) in [6.45, 7) is 4.88. The Kier molecular flexibility index (Phi) is 5.29. The highest BCUT2D eigenvalue weighted by atomic mass is 16.5. The SMILES string of the molecule is CCOCCOCc1cc(CN)co1. The lowest BCUT2D eigenvalue weighted by molar-refractivity contribution is 0.0390. The van der Waals surface area contributed by atoms with Crippen molar-refractivity contribution in [1.29, 1.82) is 0 Å². The lowest BCUT2D eigenvalue weighted by Gasteiger charge is -2.01. The molecule has 0 radical (unpaired) electrons. The minimum absolute atomic E-state index is 0.479. The number of hydrogen-bond acceptors (Lipinski definition) is 4. The molecule has 1 aromatic heterocycles. The first-order valence-corrected chi connectivity index (χ1v) is 4.78. The quantitative estimate of drug-likeness (QED) is 0.672. The standard InChI is InChI=1S/C10H17NO3/c1-2-12-3-4-13-8-10-5-9(6-11)7-14-10/h5,7H,2-4,6,8,11H2,1H3. The van der Waals surface area contributed by atoms with Crippen molar-refractivity contribution in [2.75, 3.05) is 19.8 Å². The summed E-state index contributed by atoms with van der Waals surface area (Å²) in [5.74, 6) is 0.807. The van der Waals surface area contributed by atoms with Gasteiger partial charge in [0.15, 0.2) is 0 Å². The molecule has 0 fully saturated rings. The van der Waals surface area contributed by atoms with Crippen molar-refractivity contribution in [2.24, 2.45) is 5.73 Å². The van der Waals surface area contributed by atoms with Crippen molar-refractivity contribution in [3.05, 3.63) is 23.7 Å². The molecule has 14 heavy (non-hydrogen) atoms. The van der Waals surface area contributed by atoms with E-state index < -0.39 is 0 Å². The zero-order valence-electron chi connectivity index (χ0n) is 8.49. The molecule has 2 N–H and O–H groups in total. The molecule has 0 unspecified atom stereocenters.